The number of hydrogen-bond acceptors (Lipinski definition) is 1. The molecule has 3 heteroatoms. The Kier molecular flexibility index (Phi) is 4.21. The molecule has 0 bridgehead atoms. The maximum atomic E-state index is 4.54. The fraction of sp³-hybridized carbons (Fsp3) is 0.438. The highest BCUT2D eigenvalue weighted by Gasteiger charge is 2.14. The zero-order valence-electron chi connectivity index (χ0n) is 11.1. The first kappa shape index (κ1) is 13.2. The predicted octanol–water partition coefficient (Wildman–Crippen LogP) is 4.74. The van der Waals surface area contributed by atoms with E-state index in [0.717, 1.165) is 12.5 Å². The molecular formula is C16H19IN2. The Balaban J connectivity index is 1.74. The average Bonchev–Trinajstić information content (AvgIpc) is 2.89. The molecule has 1 aliphatic rings. The van der Waals surface area contributed by atoms with Gasteiger partial charge >= 0.3 is 0 Å². The standard InChI is InChI=1S/C16H19IN2/c17-16-9-5-4-8-15(16)14-10-18-19(12-14)11-13-6-2-1-3-7-13/h4-5,8-10,12-13H,1-3,6-7,11H2. The molecule has 0 N–H and O–H groups in total. The second kappa shape index (κ2) is 6.07. The topological polar surface area (TPSA) is 17.8 Å². The van der Waals surface area contributed by atoms with Crippen LogP contribution in [0.2, 0.25) is 0 Å². The molecule has 1 saturated carbocycles. The van der Waals surface area contributed by atoms with Crippen molar-refractivity contribution in [1.29, 1.82) is 0 Å². The summed E-state index contributed by atoms with van der Waals surface area (Å²) in [6.45, 7) is 1.09. The fourth-order valence-electron chi connectivity index (χ4n) is 2.93. The van der Waals surface area contributed by atoms with E-state index in [4.69, 9.17) is 0 Å². The van der Waals surface area contributed by atoms with Gasteiger partial charge in [0.25, 0.3) is 0 Å². The number of aromatic nitrogens is 2. The minimum atomic E-state index is 0.830. The molecule has 1 fully saturated rings. The summed E-state index contributed by atoms with van der Waals surface area (Å²) in [5.41, 5.74) is 2.53. The van der Waals surface area contributed by atoms with Gasteiger partial charge in [-0.15, -0.1) is 0 Å². The third-order valence-corrected chi connectivity index (χ3v) is 4.93. The predicted molar refractivity (Wildman–Crippen MR) is 87.0 cm³/mol. The summed E-state index contributed by atoms with van der Waals surface area (Å²) in [5, 5.41) is 4.54. The van der Waals surface area contributed by atoms with Crippen molar-refractivity contribution < 1.29 is 0 Å². The quantitative estimate of drug-likeness (QED) is 0.718. The molecule has 100 valence electrons. The van der Waals surface area contributed by atoms with Crippen LogP contribution < -0.4 is 0 Å². The van der Waals surface area contributed by atoms with Gasteiger partial charge in [0.05, 0.1) is 6.20 Å². The average molecular weight is 366 g/mol. The summed E-state index contributed by atoms with van der Waals surface area (Å²) in [6, 6.07) is 8.49. The molecule has 19 heavy (non-hydrogen) atoms. The lowest BCUT2D eigenvalue weighted by Gasteiger charge is -2.21. The van der Waals surface area contributed by atoms with E-state index in [9.17, 15) is 0 Å². The largest absolute Gasteiger partial charge is 0.272 e. The molecule has 2 nitrogen and oxygen atoms in total. The van der Waals surface area contributed by atoms with E-state index in [2.05, 4.69) is 62.8 Å². The molecule has 1 aliphatic carbocycles. The van der Waals surface area contributed by atoms with Crippen LogP contribution in [-0.4, -0.2) is 9.78 Å². The van der Waals surface area contributed by atoms with Gasteiger partial charge in [0, 0.05) is 21.9 Å². The minimum absolute atomic E-state index is 0.830. The van der Waals surface area contributed by atoms with E-state index in [1.54, 1.807) is 0 Å². The first-order valence-corrected chi connectivity index (χ1v) is 8.18. The van der Waals surface area contributed by atoms with Crippen LogP contribution in [0.1, 0.15) is 32.1 Å². The van der Waals surface area contributed by atoms with Crippen molar-refractivity contribution in [2.45, 2.75) is 38.6 Å². The van der Waals surface area contributed by atoms with Crippen molar-refractivity contribution in [2.75, 3.05) is 0 Å². The Morgan fingerprint density at radius 1 is 1.16 bits per heavy atom. The molecule has 0 unspecified atom stereocenters. The van der Waals surface area contributed by atoms with Crippen LogP contribution in [0.25, 0.3) is 11.1 Å². The number of benzene rings is 1. The summed E-state index contributed by atoms with van der Waals surface area (Å²) in [5.74, 6) is 0.830. The molecule has 0 atom stereocenters. The molecule has 1 aromatic carbocycles. The molecule has 2 aromatic rings. The third-order valence-electron chi connectivity index (χ3n) is 3.99. The Labute approximate surface area is 128 Å². The number of rotatable bonds is 3. The van der Waals surface area contributed by atoms with E-state index in [0.29, 0.717) is 0 Å². The van der Waals surface area contributed by atoms with Gasteiger partial charge in [0.15, 0.2) is 0 Å². The van der Waals surface area contributed by atoms with E-state index in [1.807, 2.05) is 6.20 Å². The smallest absolute Gasteiger partial charge is 0.0568 e. The van der Waals surface area contributed by atoms with E-state index < -0.39 is 0 Å². The van der Waals surface area contributed by atoms with Gasteiger partial charge in [-0.1, -0.05) is 37.5 Å². The maximum Gasteiger partial charge on any atom is 0.0568 e. The first-order valence-electron chi connectivity index (χ1n) is 7.10. The van der Waals surface area contributed by atoms with Crippen LogP contribution >= 0.6 is 22.6 Å². The molecule has 0 radical (unpaired) electrons. The Morgan fingerprint density at radius 3 is 2.74 bits per heavy atom. The van der Waals surface area contributed by atoms with Gasteiger partial charge in [0.2, 0.25) is 0 Å². The van der Waals surface area contributed by atoms with E-state index in [1.165, 1.54) is 46.8 Å². The lowest BCUT2D eigenvalue weighted by molar-refractivity contribution is 0.308. The number of hydrogen-bond donors (Lipinski definition) is 0. The Hall–Kier alpha value is -0.840. The van der Waals surface area contributed by atoms with Crippen LogP contribution in [0.15, 0.2) is 36.7 Å². The Morgan fingerprint density at radius 2 is 1.95 bits per heavy atom. The minimum Gasteiger partial charge on any atom is -0.272 e. The van der Waals surface area contributed by atoms with Crippen LogP contribution in [0.3, 0.4) is 0 Å². The van der Waals surface area contributed by atoms with Gasteiger partial charge in [-0.2, -0.15) is 5.10 Å². The molecule has 0 amide bonds. The number of halogens is 1. The number of nitrogens with zero attached hydrogens (tertiary/aromatic N) is 2. The van der Waals surface area contributed by atoms with Gasteiger partial charge in [-0.25, -0.2) is 0 Å². The third kappa shape index (κ3) is 3.19. The van der Waals surface area contributed by atoms with E-state index >= 15 is 0 Å². The SMILES string of the molecule is Ic1ccccc1-c1cnn(CC2CCCCC2)c1. The molecule has 0 spiro atoms. The highest BCUT2D eigenvalue weighted by atomic mass is 127. The van der Waals surface area contributed by atoms with Crippen LogP contribution in [0.5, 0.6) is 0 Å². The molecule has 0 saturated heterocycles. The molecule has 0 aliphatic heterocycles. The van der Waals surface area contributed by atoms with Crippen LogP contribution in [-0.2, 0) is 6.54 Å². The van der Waals surface area contributed by atoms with Gasteiger partial charge < -0.3 is 0 Å². The normalized spacial score (nSPS) is 16.7. The van der Waals surface area contributed by atoms with Crippen LogP contribution in [0.4, 0.5) is 0 Å². The van der Waals surface area contributed by atoms with E-state index in [-0.39, 0.29) is 0 Å². The monoisotopic (exact) mass is 366 g/mol. The van der Waals surface area contributed by atoms with Crippen molar-refractivity contribution in [2.24, 2.45) is 5.92 Å². The van der Waals surface area contributed by atoms with Crippen molar-refractivity contribution in [3.63, 3.8) is 0 Å². The zero-order chi connectivity index (χ0) is 13.1. The summed E-state index contributed by atoms with van der Waals surface area (Å²) in [4.78, 5) is 0. The highest BCUT2D eigenvalue weighted by Crippen LogP contribution is 2.27. The zero-order valence-corrected chi connectivity index (χ0v) is 13.2. The summed E-state index contributed by atoms with van der Waals surface area (Å²) in [7, 11) is 0. The summed E-state index contributed by atoms with van der Waals surface area (Å²) < 4.78 is 3.42. The second-order valence-electron chi connectivity index (χ2n) is 5.43. The lowest BCUT2D eigenvalue weighted by Crippen LogP contribution is -2.14. The van der Waals surface area contributed by atoms with Gasteiger partial charge in [-0.3, -0.25) is 4.68 Å². The van der Waals surface area contributed by atoms with Crippen molar-refractivity contribution >= 4 is 22.6 Å². The maximum absolute atomic E-state index is 4.54. The van der Waals surface area contributed by atoms with Crippen molar-refractivity contribution in [3.05, 3.63) is 40.2 Å². The van der Waals surface area contributed by atoms with Crippen molar-refractivity contribution in [3.8, 4) is 11.1 Å². The van der Waals surface area contributed by atoms with Gasteiger partial charge in [-0.05, 0) is 53.0 Å². The highest BCUT2D eigenvalue weighted by molar-refractivity contribution is 14.1. The lowest BCUT2D eigenvalue weighted by atomic mass is 9.89. The molecule has 1 aromatic heterocycles. The summed E-state index contributed by atoms with van der Waals surface area (Å²) >= 11 is 2.39. The molecular weight excluding hydrogens is 347 g/mol. The molecule has 3 rings (SSSR count). The Bertz CT molecular complexity index is 541. The van der Waals surface area contributed by atoms with Crippen molar-refractivity contribution in [1.82, 2.24) is 9.78 Å². The molecule has 1 heterocycles. The second-order valence-corrected chi connectivity index (χ2v) is 6.60. The van der Waals surface area contributed by atoms with Crippen LogP contribution in [0, 0.1) is 9.49 Å². The fourth-order valence-corrected chi connectivity index (χ4v) is 3.63. The first-order chi connectivity index (χ1) is 9.33. The summed E-state index contributed by atoms with van der Waals surface area (Å²) in [6.07, 6.45) is 11.2. The van der Waals surface area contributed by atoms with Gasteiger partial charge in [0.1, 0.15) is 0 Å².